The fourth-order valence-corrected chi connectivity index (χ4v) is 2.71. The zero-order valence-corrected chi connectivity index (χ0v) is 12.5. The van der Waals surface area contributed by atoms with Gasteiger partial charge in [-0.3, -0.25) is 14.9 Å². The van der Waals surface area contributed by atoms with Crippen LogP contribution >= 0.6 is 0 Å². The number of nitrogens with zero attached hydrogens (tertiary/aromatic N) is 1. The van der Waals surface area contributed by atoms with Crippen LogP contribution in [-0.2, 0) is 0 Å². The second kappa shape index (κ2) is 7.15. The molecule has 0 saturated carbocycles. The highest BCUT2D eigenvalue weighted by Crippen LogP contribution is 2.25. The second-order valence-electron chi connectivity index (χ2n) is 5.49. The van der Waals surface area contributed by atoms with Crippen LogP contribution in [0.2, 0.25) is 0 Å². The van der Waals surface area contributed by atoms with Gasteiger partial charge in [-0.05, 0) is 51.2 Å². The van der Waals surface area contributed by atoms with Gasteiger partial charge in [-0.15, -0.1) is 0 Å². The first kappa shape index (κ1) is 16.1. The van der Waals surface area contributed by atoms with Gasteiger partial charge < -0.3 is 5.32 Å². The van der Waals surface area contributed by atoms with E-state index in [0.717, 1.165) is 37.8 Å². The number of allylic oxidation sites excluding steroid dienone is 1. The standard InChI is InChI=1S/C16H19FN2O3/c1-11-9-13(17)10-14(15(11)19(21)22)16(20)18-8-7-12-5-3-2-4-6-12/h5,9-10H,2-4,6-8H2,1H3,(H,18,20). The molecule has 118 valence electrons. The molecule has 1 aliphatic rings. The Hall–Kier alpha value is -2.24. The minimum atomic E-state index is -0.650. The largest absolute Gasteiger partial charge is 0.351 e. The van der Waals surface area contributed by atoms with Crippen LogP contribution in [0.4, 0.5) is 10.1 Å². The summed E-state index contributed by atoms with van der Waals surface area (Å²) in [4.78, 5) is 22.5. The maximum absolute atomic E-state index is 13.4. The second-order valence-corrected chi connectivity index (χ2v) is 5.49. The Morgan fingerprint density at radius 3 is 2.82 bits per heavy atom. The summed E-state index contributed by atoms with van der Waals surface area (Å²) in [5.41, 5.74) is 0.887. The van der Waals surface area contributed by atoms with E-state index >= 15 is 0 Å². The number of halogens is 1. The van der Waals surface area contributed by atoms with E-state index in [-0.39, 0.29) is 16.8 Å². The number of hydrogen-bond donors (Lipinski definition) is 1. The molecule has 2 rings (SSSR count). The molecule has 0 fully saturated rings. The maximum Gasteiger partial charge on any atom is 0.285 e. The molecule has 0 bridgehead atoms. The van der Waals surface area contributed by atoms with Gasteiger partial charge in [-0.2, -0.15) is 0 Å². The number of hydrogen-bond acceptors (Lipinski definition) is 3. The predicted molar refractivity (Wildman–Crippen MR) is 81.3 cm³/mol. The summed E-state index contributed by atoms with van der Waals surface area (Å²) in [5, 5.41) is 13.7. The average molecular weight is 306 g/mol. The molecule has 0 atom stereocenters. The third-order valence-corrected chi connectivity index (χ3v) is 3.81. The van der Waals surface area contributed by atoms with Crippen LogP contribution in [0.5, 0.6) is 0 Å². The molecule has 0 heterocycles. The smallest absolute Gasteiger partial charge is 0.285 e. The Labute approximate surface area is 128 Å². The third-order valence-electron chi connectivity index (χ3n) is 3.81. The highest BCUT2D eigenvalue weighted by molar-refractivity contribution is 5.98. The fourth-order valence-electron chi connectivity index (χ4n) is 2.71. The number of carbonyl (C=O) groups is 1. The average Bonchev–Trinajstić information content (AvgIpc) is 2.46. The van der Waals surface area contributed by atoms with Crippen LogP contribution < -0.4 is 5.32 Å². The summed E-state index contributed by atoms with van der Waals surface area (Å²) < 4.78 is 13.4. The number of nitro groups is 1. The molecule has 0 spiro atoms. The molecule has 6 heteroatoms. The van der Waals surface area contributed by atoms with E-state index < -0.39 is 16.6 Å². The Bertz CT molecular complexity index is 626. The van der Waals surface area contributed by atoms with Crippen molar-refractivity contribution in [2.45, 2.75) is 39.0 Å². The molecule has 0 unspecified atom stereocenters. The number of rotatable bonds is 5. The molecule has 0 aromatic heterocycles. The number of nitrogens with one attached hydrogen (secondary N) is 1. The summed E-state index contributed by atoms with van der Waals surface area (Å²) in [6.45, 7) is 1.82. The van der Waals surface area contributed by atoms with Crippen molar-refractivity contribution in [3.63, 3.8) is 0 Å². The Kier molecular flexibility index (Phi) is 5.25. The molecule has 1 aromatic rings. The maximum atomic E-state index is 13.4. The van der Waals surface area contributed by atoms with Gasteiger partial charge in [-0.25, -0.2) is 4.39 Å². The first-order chi connectivity index (χ1) is 10.5. The molecule has 22 heavy (non-hydrogen) atoms. The highest BCUT2D eigenvalue weighted by Gasteiger charge is 2.24. The Balaban J connectivity index is 2.06. The lowest BCUT2D eigenvalue weighted by Gasteiger charge is -2.13. The number of aryl methyl sites for hydroxylation is 1. The van der Waals surface area contributed by atoms with E-state index in [1.54, 1.807) is 0 Å². The van der Waals surface area contributed by atoms with E-state index in [0.29, 0.717) is 6.54 Å². The van der Waals surface area contributed by atoms with Gasteiger partial charge >= 0.3 is 0 Å². The Morgan fingerprint density at radius 2 is 2.18 bits per heavy atom. The van der Waals surface area contributed by atoms with Crippen LogP contribution in [0.15, 0.2) is 23.8 Å². The third kappa shape index (κ3) is 3.90. The van der Waals surface area contributed by atoms with Crippen molar-refractivity contribution in [1.82, 2.24) is 5.32 Å². The van der Waals surface area contributed by atoms with Crippen molar-refractivity contribution in [2.24, 2.45) is 0 Å². The van der Waals surface area contributed by atoms with Gasteiger partial charge in [0.2, 0.25) is 0 Å². The van der Waals surface area contributed by atoms with Crippen LogP contribution in [0, 0.1) is 22.9 Å². The normalized spacial score (nSPS) is 14.4. The number of amides is 1. The molecular weight excluding hydrogens is 287 g/mol. The summed E-state index contributed by atoms with van der Waals surface area (Å²) in [6.07, 6.45) is 7.38. The van der Waals surface area contributed by atoms with E-state index in [9.17, 15) is 19.3 Å². The van der Waals surface area contributed by atoms with Gasteiger partial charge in [-0.1, -0.05) is 11.6 Å². The molecular formula is C16H19FN2O3. The van der Waals surface area contributed by atoms with Crippen molar-refractivity contribution >= 4 is 11.6 Å². The predicted octanol–water partition coefficient (Wildman–Crippen LogP) is 3.66. The van der Waals surface area contributed by atoms with Crippen molar-refractivity contribution in [3.05, 3.63) is 50.8 Å². The number of carbonyl (C=O) groups excluding carboxylic acids is 1. The lowest BCUT2D eigenvalue weighted by molar-refractivity contribution is -0.385. The van der Waals surface area contributed by atoms with Gasteiger partial charge in [0.25, 0.3) is 11.6 Å². The summed E-state index contributed by atoms with van der Waals surface area (Å²) in [5.74, 6) is -1.26. The van der Waals surface area contributed by atoms with Gasteiger partial charge in [0.1, 0.15) is 11.4 Å². The number of nitro benzene ring substituents is 1. The minimum absolute atomic E-state index is 0.144. The van der Waals surface area contributed by atoms with E-state index in [4.69, 9.17) is 0 Å². The topological polar surface area (TPSA) is 72.2 Å². The quantitative estimate of drug-likeness (QED) is 0.512. The van der Waals surface area contributed by atoms with Crippen LogP contribution in [0.25, 0.3) is 0 Å². The van der Waals surface area contributed by atoms with Crippen molar-refractivity contribution in [1.29, 1.82) is 0 Å². The van der Waals surface area contributed by atoms with Gasteiger partial charge in [0.05, 0.1) is 4.92 Å². The van der Waals surface area contributed by atoms with Crippen LogP contribution in [0.1, 0.15) is 48.0 Å². The molecule has 5 nitrogen and oxygen atoms in total. The zero-order valence-electron chi connectivity index (χ0n) is 12.5. The number of benzene rings is 1. The van der Waals surface area contributed by atoms with E-state index in [2.05, 4.69) is 11.4 Å². The lowest BCUT2D eigenvalue weighted by Crippen LogP contribution is -2.26. The molecule has 0 aliphatic heterocycles. The van der Waals surface area contributed by atoms with Crippen molar-refractivity contribution in [3.8, 4) is 0 Å². The first-order valence-electron chi connectivity index (χ1n) is 7.39. The highest BCUT2D eigenvalue weighted by atomic mass is 19.1. The zero-order chi connectivity index (χ0) is 16.1. The van der Waals surface area contributed by atoms with Crippen molar-refractivity contribution < 1.29 is 14.1 Å². The van der Waals surface area contributed by atoms with E-state index in [1.165, 1.54) is 18.9 Å². The van der Waals surface area contributed by atoms with Crippen LogP contribution in [-0.4, -0.2) is 17.4 Å². The molecule has 1 amide bonds. The van der Waals surface area contributed by atoms with E-state index in [1.807, 2.05) is 0 Å². The molecule has 1 N–H and O–H groups in total. The first-order valence-corrected chi connectivity index (χ1v) is 7.39. The van der Waals surface area contributed by atoms with Gasteiger partial charge in [0.15, 0.2) is 0 Å². The SMILES string of the molecule is Cc1cc(F)cc(C(=O)NCCC2=CCCCC2)c1[N+](=O)[O-]. The monoisotopic (exact) mass is 306 g/mol. The molecule has 1 aromatic carbocycles. The lowest BCUT2D eigenvalue weighted by atomic mass is 9.97. The fraction of sp³-hybridized carbons (Fsp3) is 0.438. The molecule has 0 saturated heterocycles. The summed E-state index contributed by atoms with van der Waals surface area (Å²) in [6, 6.07) is 1.97. The van der Waals surface area contributed by atoms with Crippen molar-refractivity contribution in [2.75, 3.05) is 6.54 Å². The van der Waals surface area contributed by atoms with Crippen LogP contribution in [0.3, 0.4) is 0 Å². The Morgan fingerprint density at radius 1 is 1.41 bits per heavy atom. The molecule has 1 aliphatic carbocycles. The minimum Gasteiger partial charge on any atom is -0.351 e. The van der Waals surface area contributed by atoms with Gasteiger partial charge in [0, 0.05) is 12.1 Å². The molecule has 0 radical (unpaired) electrons. The summed E-state index contributed by atoms with van der Waals surface area (Å²) >= 11 is 0. The summed E-state index contributed by atoms with van der Waals surface area (Å²) in [7, 11) is 0.